The summed E-state index contributed by atoms with van der Waals surface area (Å²) in [5, 5.41) is 6.29. The number of thioether (sulfide) groups is 1. The van der Waals surface area contributed by atoms with Crippen molar-refractivity contribution in [2.75, 3.05) is 14.1 Å². The van der Waals surface area contributed by atoms with Gasteiger partial charge in [-0.2, -0.15) is 5.10 Å². The smallest absolute Gasteiger partial charge is 0.152 e. The van der Waals surface area contributed by atoms with E-state index in [-0.39, 0.29) is 17.8 Å². The van der Waals surface area contributed by atoms with Crippen LogP contribution in [-0.4, -0.2) is 34.5 Å². The van der Waals surface area contributed by atoms with Crippen LogP contribution in [0.3, 0.4) is 0 Å². The van der Waals surface area contributed by atoms with Crippen molar-refractivity contribution in [1.29, 1.82) is 0 Å². The van der Waals surface area contributed by atoms with E-state index in [1.807, 2.05) is 44.2 Å². The molecule has 0 amide bonds. The summed E-state index contributed by atoms with van der Waals surface area (Å²) in [6.45, 7) is 0. The molecule has 112 valence electrons. The number of hydrogen-bond donors (Lipinski definition) is 1. The minimum Gasteiger partial charge on any atom is -0.382 e. The number of halogens is 1. The zero-order chi connectivity index (χ0) is 14.1. The van der Waals surface area contributed by atoms with E-state index >= 15 is 0 Å². The first kappa shape index (κ1) is 15.7. The van der Waals surface area contributed by atoms with E-state index in [4.69, 9.17) is 5.73 Å². The maximum atomic E-state index is 6.07. The van der Waals surface area contributed by atoms with Gasteiger partial charge in [0.05, 0.1) is 0 Å². The molecule has 1 aliphatic rings. The monoisotopic (exact) mass is 323 g/mol. The van der Waals surface area contributed by atoms with E-state index in [1.165, 1.54) is 11.3 Å². The maximum absolute atomic E-state index is 6.07. The second-order valence-electron chi connectivity index (χ2n) is 4.87. The van der Waals surface area contributed by atoms with Crippen molar-refractivity contribution in [3.05, 3.63) is 53.6 Å². The fourth-order valence-corrected chi connectivity index (χ4v) is 3.68. The number of fused-ring (bicyclic) bond motifs is 1. The number of pyridine rings is 1. The van der Waals surface area contributed by atoms with Gasteiger partial charge in [-0.15, -0.1) is 24.2 Å². The van der Waals surface area contributed by atoms with Crippen LogP contribution >= 0.6 is 24.2 Å². The fraction of sp³-hybridized carbons (Fsp3) is 0.286. The molecular formula is C14H18ClN5S. The third-order valence-electron chi connectivity index (χ3n) is 3.21. The lowest BCUT2D eigenvalue weighted by molar-refractivity contribution is 0.437. The van der Waals surface area contributed by atoms with Gasteiger partial charge in [-0.1, -0.05) is 6.07 Å². The minimum absolute atomic E-state index is 0. The molecule has 0 aromatic carbocycles. The first-order valence-corrected chi connectivity index (χ1v) is 7.44. The predicted molar refractivity (Wildman–Crippen MR) is 89.8 cm³/mol. The molecule has 1 aliphatic heterocycles. The van der Waals surface area contributed by atoms with Crippen LogP contribution in [0.4, 0.5) is 0 Å². The average molecular weight is 324 g/mol. The van der Waals surface area contributed by atoms with Crippen molar-refractivity contribution < 1.29 is 0 Å². The standard InChI is InChI=1S/C14H17N5S.ClH/c1-18(2)17-13(15)11-5-7-19-12(11)9-20-14(19)10-4-3-6-16-8-10;/h3-8,14H,9H2,1-2H3,(H2,15,17);1H. The average Bonchev–Trinajstić information content (AvgIpc) is 2.99. The summed E-state index contributed by atoms with van der Waals surface area (Å²) in [6, 6.07) is 6.12. The Kier molecular flexibility index (Phi) is 4.80. The van der Waals surface area contributed by atoms with Gasteiger partial charge in [0.25, 0.3) is 0 Å². The molecule has 0 fully saturated rings. The number of rotatable bonds is 3. The van der Waals surface area contributed by atoms with Crippen LogP contribution in [0.15, 0.2) is 41.9 Å². The zero-order valence-electron chi connectivity index (χ0n) is 11.9. The molecule has 2 aromatic rings. The summed E-state index contributed by atoms with van der Waals surface area (Å²) in [6.07, 6.45) is 5.80. The fourth-order valence-electron chi connectivity index (χ4n) is 2.37. The predicted octanol–water partition coefficient (Wildman–Crippen LogP) is 2.28. The van der Waals surface area contributed by atoms with Crippen LogP contribution in [0.1, 0.15) is 22.2 Å². The molecule has 0 radical (unpaired) electrons. The molecule has 1 atom stereocenters. The van der Waals surface area contributed by atoms with Crippen molar-refractivity contribution in [3.8, 4) is 0 Å². The van der Waals surface area contributed by atoms with Gasteiger partial charge in [0.2, 0.25) is 0 Å². The molecule has 0 saturated carbocycles. The van der Waals surface area contributed by atoms with E-state index in [0.717, 1.165) is 11.3 Å². The molecule has 0 bridgehead atoms. The topological polar surface area (TPSA) is 59.4 Å². The molecule has 21 heavy (non-hydrogen) atoms. The molecule has 7 heteroatoms. The van der Waals surface area contributed by atoms with Gasteiger partial charge in [0.15, 0.2) is 5.84 Å². The second kappa shape index (κ2) is 6.41. The number of hydrogen-bond acceptors (Lipinski definition) is 4. The normalized spacial score (nSPS) is 17.2. The number of nitrogens with two attached hydrogens (primary N) is 1. The van der Waals surface area contributed by atoms with Crippen molar-refractivity contribution in [2.24, 2.45) is 10.8 Å². The van der Waals surface area contributed by atoms with E-state index in [2.05, 4.69) is 26.9 Å². The first-order chi connectivity index (χ1) is 9.66. The third kappa shape index (κ3) is 3.01. The second-order valence-corrected chi connectivity index (χ2v) is 5.93. The Hall–Kier alpha value is -1.66. The summed E-state index contributed by atoms with van der Waals surface area (Å²) in [5.74, 6) is 1.50. The molecule has 0 saturated heterocycles. The molecule has 3 rings (SSSR count). The molecular weight excluding hydrogens is 306 g/mol. The molecule has 5 nitrogen and oxygen atoms in total. The largest absolute Gasteiger partial charge is 0.382 e. The summed E-state index contributed by atoms with van der Waals surface area (Å²) < 4.78 is 2.26. The van der Waals surface area contributed by atoms with Gasteiger partial charge in [-0.3, -0.25) is 4.98 Å². The maximum Gasteiger partial charge on any atom is 0.152 e. The van der Waals surface area contributed by atoms with Gasteiger partial charge in [0, 0.05) is 55.3 Å². The minimum atomic E-state index is 0. The third-order valence-corrected chi connectivity index (χ3v) is 4.46. The Labute approximate surface area is 134 Å². The number of aromatic nitrogens is 2. The highest BCUT2D eigenvalue weighted by atomic mass is 35.5. The van der Waals surface area contributed by atoms with Crippen LogP contribution < -0.4 is 5.73 Å². The summed E-state index contributed by atoms with van der Waals surface area (Å²) in [5.41, 5.74) is 9.53. The lowest BCUT2D eigenvalue weighted by atomic mass is 10.2. The van der Waals surface area contributed by atoms with Gasteiger partial charge in [-0.25, -0.2) is 0 Å². The van der Waals surface area contributed by atoms with Crippen LogP contribution in [0, 0.1) is 0 Å². The highest BCUT2D eigenvalue weighted by molar-refractivity contribution is 7.99. The summed E-state index contributed by atoms with van der Waals surface area (Å²) >= 11 is 1.88. The van der Waals surface area contributed by atoms with Gasteiger partial charge >= 0.3 is 0 Å². The van der Waals surface area contributed by atoms with Crippen LogP contribution in [0.2, 0.25) is 0 Å². The summed E-state index contributed by atoms with van der Waals surface area (Å²) in [4.78, 5) is 4.20. The van der Waals surface area contributed by atoms with Crippen LogP contribution in [-0.2, 0) is 5.75 Å². The molecule has 2 aromatic heterocycles. The molecule has 2 N–H and O–H groups in total. The Bertz CT molecular complexity index is 638. The lowest BCUT2D eigenvalue weighted by Gasteiger charge is -2.12. The highest BCUT2D eigenvalue weighted by Gasteiger charge is 2.27. The van der Waals surface area contributed by atoms with Gasteiger partial charge < -0.3 is 15.3 Å². The van der Waals surface area contributed by atoms with Gasteiger partial charge in [-0.05, 0) is 12.1 Å². The Morgan fingerprint density at radius 2 is 2.29 bits per heavy atom. The SMILES string of the molecule is CN(C)N=C(N)c1ccn2c1CSC2c1cccnc1.Cl. The van der Waals surface area contributed by atoms with Crippen molar-refractivity contribution in [3.63, 3.8) is 0 Å². The Morgan fingerprint density at radius 3 is 2.95 bits per heavy atom. The van der Waals surface area contributed by atoms with E-state index in [9.17, 15) is 0 Å². The van der Waals surface area contributed by atoms with E-state index in [0.29, 0.717) is 5.84 Å². The first-order valence-electron chi connectivity index (χ1n) is 6.40. The molecule has 0 spiro atoms. The molecule has 0 aliphatic carbocycles. The van der Waals surface area contributed by atoms with Crippen LogP contribution in [0.5, 0.6) is 0 Å². The molecule has 1 unspecified atom stereocenters. The molecule has 3 heterocycles. The Balaban J connectivity index is 0.00000161. The lowest BCUT2D eigenvalue weighted by Crippen LogP contribution is -2.19. The number of amidine groups is 1. The number of hydrazone groups is 1. The Morgan fingerprint density at radius 1 is 1.48 bits per heavy atom. The van der Waals surface area contributed by atoms with E-state index in [1.54, 1.807) is 11.2 Å². The number of nitrogens with zero attached hydrogens (tertiary/aromatic N) is 4. The quantitative estimate of drug-likeness (QED) is 0.535. The summed E-state index contributed by atoms with van der Waals surface area (Å²) in [7, 11) is 3.74. The van der Waals surface area contributed by atoms with Crippen molar-refractivity contribution >= 4 is 30.0 Å². The highest BCUT2D eigenvalue weighted by Crippen LogP contribution is 2.41. The zero-order valence-corrected chi connectivity index (χ0v) is 13.6. The van der Waals surface area contributed by atoms with E-state index < -0.39 is 0 Å². The van der Waals surface area contributed by atoms with Crippen LogP contribution in [0.25, 0.3) is 0 Å². The van der Waals surface area contributed by atoms with Crippen molar-refractivity contribution in [2.45, 2.75) is 11.1 Å². The van der Waals surface area contributed by atoms with Crippen molar-refractivity contribution in [1.82, 2.24) is 14.6 Å². The van der Waals surface area contributed by atoms with Gasteiger partial charge in [0.1, 0.15) is 5.37 Å².